The van der Waals surface area contributed by atoms with Gasteiger partial charge in [-0.2, -0.15) is 0 Å². The highest BCUT2D eigenvalue weighted by atomic mass is 16.4. The maximum atomic E-state index is 12.5. The van der Waals surface area contributed by atoms with Crippen LogP contribution in [0.4, 0.5) is 0 Å². The third kappa shape index (κ3) is 1.93. The smallest absolute Gasteiger partial charge is 0.308 e. The Bertz CT molecular complexity index is 404. The number of allylic oxidation sites excluding steroid dienone is 2. The molecule has 2 fully saturated rings. The van der Waals surface area contributed by atoms with Gasteiger partial charge in [-0.1, -0.05) is 12.2 Å². The highest BCUT2D eigenvalue weighted by molar-refractivity contribution is 5.81. The number of aliphatic carboxylic acids is 1. The Morgan fingerprint density at radius 3 is 2.67 bits per heavy atom. The summed E-state index contributed by atoms with van der Waals surface area (Å²) >= 11 is 0. The molecule has 18 heavy (non-hydrogen) atoms. The van der Waals surface area contributed by atoms with Crippen molar-refractivity contribution in [1.29, 1.82) is 0 Å². The third-order valence-electron chi connectivity index (χ3n) is 4.68. The van der Waals surface area contributed by atoms with Crippen LogP contribution in [-0.2, 0) is 9.59 Å². The molecule has 1 saturated carbocycles. The number of carboxylic acid groups (broad SMARTS) is 1. The van der Waals surface area contributed by atoms with Gasteiger partial charge in [0.25, 0.3) is 0 Å². The van der Waals surface area contributed by atoms with E-state index in [9.17, 15) is 9.59 Å². The summed E-state index contributed by atoms with van der Waals surface area (Å²) in [5.41, 5.74) is 0. The lowest BCUT2D eigenvalue weighted by Crippen LogP contribution is -2.45. The summed E-state index contributed by atoms with van der Waals surface area (Å²) in [7, 11) is 0. The van der Waals surface area contributed by atoms with Gasteiger partial charge in [-0.15, -0.1) is 0 Å². The molecule has 1 N–H and O–H groups in total. The van der Waals surface area contributed by atoms with Crippen LogP contribution in [0.25, 0.3) is 0 Å². The molecule has 1 heterocycles. The zero-order valence-electron chi connectivity index (χ0n) is 10.4. The topological polar surface area (TPSA) is 57.6 Å². The number of carbonyl (C=O) groups is 2. The second-order valence-corrected chi connectivity index (χ2v) is 5.85. The lowest BCUT2D eigenvalue weighted by atomic mass is 9.90. The van der Waals surface area contributed by atoms with Crippen molar-refractivity contribution in [3.05, 3.63) is 12.2 Å². The van der Waals surface area contributed by atoms with E-state index >= 15 is 0 Å². The summed E-state index contributed by atoms with van der Waals surface area (Å²) in [5.74, 6) is 0.180. The standard InChI is InChI=1S/C14H19NO3/c16-13(12-7-9-3-4-10(12)6-9)15-5-1-2-11(8-15)14(17)18/h3-4,9-12H,1-2,5-8H2,(H,17,18). The van der Waals surface area contributed by atoms with Gasteiger partial charge in [-0.05, 0) is 37.5 Å². The molecule has 4 nitrogen and oxygen atoms in total. The van der Waals surface area contributed by atoms with Crippen LogP contribution in [-0.4, -0.2) is 35.0 Å². The predicted molar refractivity (Wildman–Crippen MR) is 65.8 cm³/mol. The number of hydrogen-bond acceptors (Lipinski definition) is 2. The molecular formula is C14H19NO3. The fraction of sp³-hybridized carbons (Fsp3) is 0.714. The van der Waals surface area contributed by atoms with Gasteiger partial charge in [0, 0.05) is 19.0 Å². The normalized spacial score (nSPS) is 38.1. The van der Waals surface area contributed by atoms with E-state index < -0.39 is 5.97 Å². The molecule has 1 amide bonds. The number of rotatable bonds is 2. The van der Waals surface area contributed by atoms with Gasteiger partial charge in [0.15, 0.2) is 0 Å². The molecule has 1 saturated heterocycles. The van der Waals surface area contributed by atoms with Gasteiger partial charge in [0.1, 0.15) is 0 Å². The fourth-order valence-electron chi connectivity index (χ4n) is 3.68. The van der Waals surface area contributed by atoms with Crippen molar-refractivity contribution in [1.82, 2.24) is 4.90 Å². The van der Waals surface area contributed by atoms with Gasteiger partial charge < -0.3 is 10.0 Å². The molecule has 2 aliphatic carbocycles. The molecule has 2 bridgehead atoms. The van der Waals surface area contributed by atoms with Crippen molar-refractivity contribution in [2.24, 2.45) is 23.7 Å². The first-order chi connectivity index (χ1) is 8.65. The van der Waals surface area contributed by atoms with Gasteiger partial charge in [-0.3, -0.25) is 9.59 Å². The molecule has 4 heteroatoms. The second-order valence-electron chi connectivity index (χ2n) is 5.85. The second kappa shape index (κ2) is 4.41. The summed E-state index contributed by atoms with van der Waals surface area (Å²) in [6, 6.07) is 0. The first-order valence-corrected chi connectivity index (χ1v) is 6.85. The molecule has 0 aromatic rings. The number of carboxylic acids is 1. The highest BCUT2D eigenvalue weighted by Crippen LogP contribution is 2.44. The summed E-state index contributed by atoms with van der Waals surface area (Å²) in [5, 5.41) is 9.06. The zero-order chi connectivity index (χ0) is 12.7. The average Bonchev–Trinajstić information content (AvgIpc) is 3.00. The van der Waals surface area contributed by atoms with E-state index in [1.807, 2.05) is 0 Å². The molecule has 1 aliphatic heterocycles. The molecule has 98 valence electrons. The van der Waals surface area contributed by atoms with Crippen LogP contribution in [0, 0.1) is 23.7 Å². The van der Waals surface area contributed by atoms with Crippen LogP contribution in [0.3, 0.4) is 0 Å². The molecule has 3 rings (SSSR count). The quantitative estimate of drug-likeness (QED) is 0.755. The summed E-state index contributed by atoms with van der Waals surface area (Å²) < 4.78 is 0. The number of nitrogens with zero attached hydrogens (tertiary/aromatic N) is 1. The summed E-state index contributed by atoms with van der Waals surface area (Å²) in [6.45, 7) is 1.14. The van der Waals surface area contributed by atoms with Crippen LogP contribution < -0.4 is 0 Å². The van der Waals surface area contributed by atoms with Crippen LogP contribution in [0.15, 0.2) is 12.2 Å². The number of piperidine rings is 1. The number of amides is 1. The molecule has 4 atom stereocenters. The van der Waals surface area contributed by atoms with Gasteiger partial charge in [-0.25, -0.2) is 0 Å². The van der Waals surface area contributed by atoms with E-state index in [2.05, 4.69) is 12.2 Å². The number of carbonyl (C=O) groups excluding carboxylic acids is 1. The van der Waals surface area contributed by atoms with Crippen molar-refractivity contribution in [2.75, 3.05) is 13.1 Å². The van der Waals surface area contributed by atoms with Crippen LogP contribution >= 0.6 is 0 Å². The minimum Gasteiger partial charge on any atom is -0.481 e. The van der Waals surface area contributed by atoms with Gasteiger partial charge >= 0.3 is 5.97 Å². The van der Waals surface area contributed by atoms with Crippen molar-refractivity contribution in [3.63, 3.8) is 0 Å². The van der Waals surface area contributed by atoms with Crippen molar-refractivity contribution in [2.45, 2.75) is 25.7 Å². The maximum Gasteiger partial charge on any atom is 0.308 e. The van der Waals surface area contributed by atoms with Gasteiger partial charge in [0.05, 0.1) is 5.92 Å². The maximum absolute atomic E-state index is 12.5. The Hall–Kier alpha value is -1.32. The summed E-state index contributed by atoms with van der Waals surface area (Å²) in [4.78, 5) is 25.3. The van der Waals surface area contributed by atoms with E-state index in [0.29, 0.717) is 24.8 Å². The van der Waals surface area contributed by atoms with E-state index in [1.54, 1.807) is 4.90 Å². The molecule has 0 radical (unpaired) electrons. The Morgan fingerprint density at radius 2 is 2.06 bits per heavy atom. The third-order valence-corrected chi connectivity index (χ3v) is 4.68. The summed E-state index contributed by atoms with van der Waals surface area (Å²) in [6.07, 6.45) is 8.01. The minimum atomic E-state index is -0.764. The van der Waals surface area contributed by atoms with E-state index in [-0.39, 0.29) is 17.7 Å². The first kappa shape index (κ1) is 11.8. The van der Waals surface area contributed by atoms with Crippen molar-refractivity contribution < 1.29 is 14.7 Å². The van der Waals surface area contributed by atoms with Gasteiger partial charge in [0.2, 0.25) is 5.91 Å². The molecule has 0 aromatic heterocycles. The average molecular weight is 249 g/mol. The minimum absolute atomic E-state index is 0.118. The molecular weight excluding hydrogens is 230 g/mol. The number of fused-ring (bicyclic) bond motifs is 2. The monoisotopic (exact) mass is 249 g/mol. The van der Waals surface area contributed by atoms with E-state index in [1.165, 1.54) is 0 Å². The highest BCUT2D eigenvalue weighted by Gasteiger charge is 2.42. The van der Waals surface area contributed by atoms with Crippen LogP contribution in [0.5, 0.6) is 0 Å². The molecule has 0 aromatic carbocycles. The van der Waals surface area contributed by atoms with E-state index in [4.69, 9.17) is 5.11 Å². The Kier molecular flexibility index (Phi) is 2.88. The fourth-order valence-corrected chi connectivity index (χ4v) is 3.68. The van der Waals surface area contributed by atoms with Crippen LogP contribution in [0.2, 0.25) is 0 Å². The molecule has 4 unspecified atom stereocenters. The Morgan fingerprint density at radius 1 is 1.22 bits per heavy atom. The SMILES string of the molecule is O=C(O)C1CCCN(C(=O)C2CC3C=CC2C3)C1. The Labute approximate surface area is 107 Å². The Balaban J connectivity index is 1.66. The molecule has 0 spiro atoms. The largest absolute Gasteiger partial charge is 0.481 e. The molecule has 3 aliphatic rings. The van der Waals surface area contributed by atoms with Crippen molar-refractivity contribution in [3.8, 4) is 0 Å². The lowest BCUT2D eigenvalue weighted by Gasteiger charge is -2.33. The van der Waals surface area contributed by atoms with E-state index in [0.717, 1.165) is 25.8 Å². The van der Waals surface area contributed by atoms with Crippen molar-refractivity contribution >= 4 is 11.9 Å². The number of hydrogen-bond donors (Lipinski definition) is 1. The lowest BCUT2D eigenvalue weighted by molar-refractivity contribution is -0.147. The first-order valence-electron chi connectivity index (χ1n) is 6.85. The van der Waals surface area contributed by atoms with Crippen LogP contribution in [0.1, 0.15) is 25.7 Å². The predicted octanol–water partition coefficient (Wildman–Crippen LogP) is 1.52. The number of likely N-dealkylation sites (tertiary alicyclic amines) is 1. The zero-order valence-corrected chi connectivity index (χ0v) is 10.4.